The molecule has 2 unspecified atom stereocenters. The van der Waals surface area contributed by atoms with Crippen LogP contribution < -0.4 is 0 Å². The van der Waals surface area contributed by atoms with Gasteiger partial charge in [0.25, 0.3) is 0 Å². The Morgan fingerprint density at radius 1 is 1.03 bits per heavy atom. The van der Waals surface area contributed by atoms with Crippen molar-refractivity contribution < 1.29 is 19.7 Å². The predicted octanol–water partition coefficient (Wildman–Crippen LogP) is 5.79. The predicted molar refractivity (Wildman–Crippen MR) is 129 cm³/mol. The third-order valence-corrected chi connectivity index (χ3v) is 4.44. The maximum atomic E-state index is 12.1. The first kappa shape index (κ1) is 26.1. The van der Waals surface area contributed by atoms with Gasteiger partial charge in [-0.2, -0.15) is 0 Å². The fraction of sp³-hybridized carbons (Fsp3) is 0.296. The zero-order valence-electron chi connectivity index (χ0n) is 18.4. The Morgan fingerprint density at radius 2 is 1.58 bits per heavy atom. The lowest BCUT2D eigenvalue weighted by Crippen LogP contribution is -2.18. The highest BCUT2D eigenvalue weighted by atomic mass is 16.5. The number of allylic oxidation sites excluding steroid dienone is 15. The Morgan fingerprint density at radius 3 is 2.13 bits per heavy atom. The standard InChI is InChI=1S/C27H34O4/c1-3-4-5-6-7-8-9-10-11-12-13-14-15-16-24(28)22-25(29)19-17-23-18-20-26(30)27(21-23)31-2/h3-17,20,24,27-28,30H,18-19,21-22H2,1-2H3. The molecule has 0 radical (unpaired) electrons. The molecular formula is C27H34O4. The van der Waals surface area contributed by atoms with E-state index in [2.05, 4.69) is 0 Å². The summed E-state index contributed by atoms with van der Waals surface area (Å²) < 4.78 is 5.20. The van der Waals surface area contributed by atoms with Gasteiger partial charge in [0.1, 0.15) is 17.6 Å². The van der Waals surface area contributed by atoms with E-state index < -0.39 is 6.10 Å². The number of rotatable bonds is 12. The molecule has 166 valence electrons. The highest BCUT2D eigenvalue weighted by Gasteiger charge is 2.19. The molecule has 0 saturated carbocycles. The van der Waals surface area contributed by atoms with E-state index in [9.17, 15) is 15.0 Å². The smallest absolute Gasteiger partial charge is 0.139 e. The molecule has 0 bridgehead atoms. The van der Waals surface area contributed by atoms with Crippen LogP contribution >= 0.6 is 0 Å². The van der Waals surface area contributed by atoms with Crippen molar-refractivity contribution in [1.29, 1.82) is 0 Å². The Hall–Kier alpha value is -2.95. The topological polar surface area (TPSA) is 66.8 Å². The van der Waals surface area contributed by atoms with Crippen LogP contribution in [0.15, 0.2) is 109 Å². The van der Waals surface area contributed by atoms with Crippen LogP contribution in [0.4, 0.5) is 0 Å². The number of methoxy groups -OCH3 is 1. The van der Waals surface area contributed by atoms with E-state index in [0.717, 1.165) is 5.57 Å². The molecule has 0 aromatic rings. The van der Waals surface area contributed by atoms with Crippen LogP contribution in [0.5, 0.6) is 0 Å². The Bertz CT molecular complexity index is 801. The highest BCUT2D eigenvalue weighted by molar-refractivity contribution is 5.80. The molecule has 2 atom stereocenters. The van der Waals surface area contributed by atoms with Gasteiger partial charge in [-0.15, -0.1) is 0 Å². The molecule has 0 aromatic carbocycles. The van der Waals surface area contributed by atoms with Crippen molar-refractivity contribution in [3.63, 3.8) is 0 Å². The van der Waals surface area contributed by atoms with Gasteiger partial charge in [-0.1, -0.05) is 96.7 Å². The third kappa shape index (κ3) is 13.1. The van der Waals surface area contributed by atoms with Crippen LogP contribution in [0.3, 0.4) is 0 Å². The molecule has 4 nitrogen and oxygen atoms in total. The van der Waals surface area contributed by atoms with Crippen LogP contribution in [0, 0.1) is 0 Å². The number of aliphatic hydroxyl groups is 2. The number of Topliss-reactive ketones (excluding diaryl/α,β-unsaturated/α-hetero) is 1. The molecule has 0 aliphatic heterocycles. The van der Waals surface area contributed by atoms with E-state index in [4.69, 9.17) is 4.74 Å². The zero-order valence-corrected chi connectivity index (χ0v) is 18.4. The summed E-state index contributed by atoms with van der Waals surface area (Å²) in [5, 5.41) is 19.7. The SMILES string of the molecule is CC=CC=CC=CC=CC=CC=CC=CC(O)CC(=O)CC=C1CC=C(O)C(OC)C1. The van der Waals surface area contributed by atoms with Crippen molar-refractivity contribution in [2.24, 2.45) is 0 Å². The second kappa shape index (κ2) is 16.8. The molecule has 31 heavy (non-hydrogen) atoms. The maximum absolute atomic E-state index is 12.1. The van der Waals surface area contributed by atoms with E-state index in [1.807, 2.05) is 79.8 Å². The summed E-state index contributed by atoms with van der Waals surface area (Å²) in [4.78, 5) is 12.1. The number of carbonyl (C=O) groups is 1. The minimum atomic E-state index is -0.804. The van der Waals surface area contributed by atoms with Gasteiger partial charge in [0, 0.05) is 26.4 Å². The largest absolute Gasteiger partial charge is 0.510 e. The molecule has 0 fully saturated rings. The number of ether oxygens (including phenoxy) is 1. The third-order valence-electron chi connectivity index (χ3n) is 4.44. The average molecular weight is 423 g/mol. The second-order valence-electron chi connectivity index (χ2n) is 6.97. The average Bonchev–Trinajstić information content (AvgIpc) is 2.76. The summed E-state index contributed by atoms with van der Waals surface area (Å²) in [6.07, 6.45) is 30.4. The minimum Gasteiger partial charge on any atom is -0.510 e. The van der Waals surface area contributed by atoms with Gasteiger partial charge in [-0.05, 0) is 19.4 Å². The van der Waals surface area contributed by atoms with E-state index in [1.165, 1.54) is 0 Å². The maximum Gasteiger partial charge on any atom is 0.139 e. The summed E-state index contributed by atoms with van der Waals surface area (Å²) in [5.41, 5.74) is 1.06. The normalized spacial score (nSPS) is 20.7. The van der Waals surface area contributed by atoms with E-state index in [1.54, 1.807) is 31.4 Å². The Balaban J connectivity index is 2.29. The molecule has 0 spiro atoms. The lowest BCUT2D eigenvalue weighted by atomic mass is 9.95. The first-order valence-corrected chi connectivity index (χ1v) is 10.5. The summed E-state index contributed by atoms with van der Waals surface area (Å²) in [6, 6.07) is 0. The minimum absolute atomic E-state index is 0.0278. The summed E-state index contributed by atoms with van der Waals surface area (Å²) >= 11 is 0. The van der Waals surface area contributed by atoms with E-state index in [-0.39, 0.29) is 30.5 Å². The zero-order chi connectivity index (χ0) is 22.7. The van der Waals surface area contributed by atoms with E-state index in [0.29, 0.717) is 12.8 Å². The van der Waals surface area contributed by atoms with Gasteiger partial charge in [0.15, 0.2) is 0 Å². The molecule has 1 aliphatic rings. The van der Waals surface area contributed by atoms with Crippen molar-refractivity contribution in [2.75, 3.05) is 7.11 Å². The molecule has 2 N–H and O–H groups in total. The number of carbonyl (C=O) groups excluding carboxylic acids is 1. The van der Waals surface area contributed by atoms with Gasteiger partial charge in [0.2, 0.25) is 0 Å². The molecule has 1 rings (SSSR count). The molecule has 4 heteroatoms. The summed E-state index contributed by atoms with van der Waals surface area (Å²) in [6.45, 7) is 1.97. The molecule has 0 heterocycles. The van der Waals surface area contributed by atoms with Gasteiger partial charge in [-0.3, -0.25) is 4.79 Å². The monoisotopic (exact) mass is 422 g/mol. The fourth-order valence-electron chi connectivity index (χ4n) is 2.75. The summed E-state index contributed by atoms with van der Waals surface area (Å²) in [5.74, 6) is 0.218. The van der Waals surface area contributed by atoms with Crippen molar-refractivity contribution in [3.8, 4) is 0 Å². The molecule has 0 aromatic heterocycles. The first-order chi connectivity index (χ1) is 15.1. The molecule has 0 amide bonds. The Kier molecular flexibility index (Phi) is 14.1. The number of hydrogen-bond acceptors (Lipinski definition) is 4. The van der Waals surface area contributed by atoms with Crippen molar-refractivity contribution in [3.05, 3.63) is 109 Å². The van der Waals surface area contributed by atoms with Crippen LogP contribution in [0.25, 0.3) is 0 Å². The van der Waals surface area contributed by atoms with Crippen LogP contribution in [-0.2, 0) is 9.53 Å². The quantitative estimate of drug-likeness (QED) is 0.309. The second-order valence-corrected chi connectivity index (χ2v) is 6.97. The first-order valence-electron chi connectivity index (χ1n) is 10.5. The lowest BCUT2D eigenvalue weighted by molar-refractivity contribution is -0.119. The van der Waals surface area contributed by atoms with Gasteiger partial charge in [0.05, 0.1) is 6.10 Å². The van der Waals surface area contributed by atoms with Crippen molar-refractivity contribution in [1.82, 2.24) is 0 Å². The van der Waals surface area contributed by atoms with Crippen LogP contribution in [0.1, 0.15) is 32.6 Å². The molecule has 1 aliphatic carbocycles. The van der Waals surface area contributed by atoms with Crippen LogP contribution in [-0.4, -0.2) is 35.3 Å². The Labute approximate surface area is 186 Å². The van der Waals surface area contributed by atoms with Gasteiger partial charge in [-0.25, -0.2) is 0 Å². The highest BCUT2D eigenvalue weighted by Crippen LogP contribution is 2.24. The van der Waals surface area contributed by atoms with Gasteiger partial charge < -0.3 is 14.9 Å². The number of aliphatic hydroxyl groups excluding tert-OH is 2. The fourth-order valence-corrected chi connectivity index (χ4v) is 2.75. The van der Waals surface area contributed by atoms with Crippen LogP contribution in [0.2, 0.25) is 0 Å². The number of hydrogen-bond donors (Lipinski definition) is 2. The van der Waals surface area contributed by atoms with Crippen molar-refractivity contribution >= 4 is 5.78 Å². The van der Waals surface area contributed by atoms with Gasteiger partial charge >= 0.3 is 0 Å². The molecular weight excluding hydrogens is 388 g/mol. The van der Waals surface area contributed by atoms with Crippen molar-refractivity contribution in [2.45, 2.75) is 44.8 Å². The number of ketones is 1. The lowest BCUT2D eigenvalue weighted by Gasteiger charge is -2.21. The molecule has 0 saturated heterocycles. The summed E-state index contributed by atoms with van der Waals surface area (Å²) in [7, 11) is 1.55. The van der Waals surface area contributed by atoms with E-state index >= 15 is 0 Å².